The van der Waals surface area contributed by atoms with E-state index >= 15 is 0 Å². The highest BCUT2D eigenvalue weighted by atomic mass is 32.2. The number of hydrogen-bond donors (Lipinski definition) is 2. The lowest BCUT2D eigenvalue weighted by atomic mass is 10.2. The summed E-state index contributed by atoms with van der Waals surface area (Å²) in [5, 5.41) is 3.27. The van der Waals surface area contributed by atoms with E-state index in [4.69, 9.17) is 4.42 Å². The molecule has 0 fully saturated rings. The molecule has 0 saturated heterocycles. The number of rotatable bonds is 7. The molecule has 0 spiro atoms. The Kier molecular flexibility index (Phi) is 5.17. The topological polar surface area (TPSA) is 71.3 Å². The molecule has 0 aromatic carbocycles. The molecule has 1 unspecified atom stereocenters. The largest absolute Gasteiger partial charge is 0.465 e. The molecule has 0 bridgehead atoms. The van der Waals surface area contributed by atoms with Crippen LogP contribution in [0.4, 0.5) is 0 Å². The smallest absolute Gasteiger partial charge is 0.208 e. The van der Waals surface area contributed by atoms with E-state index in [1.54, 1.807) is 0 Å². The Bertz CT molecular complexity index is 439. The van der Waals surface area contributed by atoms with Gasteiger partial charge in [-0.15, -0.1) is 0 Å². The summed E-state index contributed by atoms with van der Waals surface area (Å²) in [4.78, 5) is 0. The van der Waals surface area contributed by atoms with Crippen molar-refractivity contribution in [2.24, 2.45) is 0 Å². The van der Waals surface area contributed by atoms with Gasteiger partial charge in [-0.3, -0.25) is 0 Å². The molecule has 0 saturated carbocycles. The van der Waals surface area contributed by atoms with Crippen LogP contribution in [0.3, 0.4) is 0 Å². The van der Waals surface area contributed by atoms with Crippen molar-refractivity contribution in [3.05, 3.63) is 23.7 Å². The first kappa shape index (κ1) is 14.2. The average Bonchev–Trinajstić information content (AvgIpc) is 2.62. The molecule has 5 nitrogen and oxygen atoms in total. The van der Waals surface area contributed by atoms with Gasteiger partial charge in [-0.25, -0.2) is 13.1 Å². The third-order valence-electron chi connectivity index (χ3n) is 2.36. The number of aryl methyl sites for hydroxylation is 1. The molecule has 98 valence electrons. The minimum Gasteiger partial charge on any atom is -0.465 e. The molecule has 0 radical (unpaired) electrons. The van der Waals surface area contributed by atoms with Gasteiger partial charge in [-0.05, 0) is 38.9 Å². The molecule has 6 heteroatoms. The summed E-state index contributed by atoms with van der Waals surface area (Å²) in [6, 6.07) is 4.02. The van der Waals surface area contributed by atoms with Gasteiger partial charge in [0.25, 0.3) is 0 Å². The molecule has 1 heterocycles. The number of nitrogens with one attached hydrogen (secondary N) is 2. The lowest BCUT2D eigenvalue weighted by Gasteiger charge is -2.11. The molecule has 0 amide bonds. The predicted octanol–water partition coefficient (Wildman–Crippen LogP) is 1.18. The molecule has 1 aromatic rings. The minimum atomic E-state index is -3.07. The normalized spacial score (nSPS) is 13.8. The highest BCUT2D eigenvalue weighted by molar-refractivity contribution is 7.88. The molecular formula is C11H20N2O3S. The predicted molar refractivity (Wildman–Crippen MR) is 67.3 cm³/mol. The lowest BCUT2D eigenvalue weighted by Crippen LogP contribution is -2.27. The first-order valence-corrected chi connectivity index (χ1v) is 7.52. The van der Waals surface area contributed by atoms with Crippen molar-refractivity contribution >= 4 is 10.0 Å². The number of sulfonamides is 1. The molecule has 2 N–H and O–H groups in total. The summed E-state index contributed by atoms with van der Waals surface area (Å²) >= 11 is 0. The fourth-order valence-corrected chi connectivity index (χ4v) is 1.97. The molecule has 17 heavy (non-hydrogen) atoms. The SMILES string of the molecule is Cc1ccc(C(C)NCCCNS(C)(=O)=O)o1. The van der Waals surface area contributed by atoms with Crippen LogP contribution in [0, 0.1) is 6.92 Å². The Morgan fingerprint density at radius 3 is 2.59 bits per heavy atom. The van der Waals surface area contributed by atoms with Gasteiger partial charge in [0, 0.05) is 6.54 Å². The third kappa shape index (κ3) is 5.86. The Morgan fingerprint density at radius 1 is 1.35 bits per heavy atom. The maximum atomic E-state index is 10.8. The summed E-state index contributed by atoms with van der Waals surface area (Å²) in [6.45, 7) is 5.12. The van der Waals surface area contributed by atoms with Crippen molar-refractivity contribution < 1.29 is 12.8 Å². The van der Waals surface area contributed by atoms with E-state index < -0.39 is 10.0 Å². The number of hydrogen-bond acceptors (Lipinski definition) is 4. The quantitative estimate of drug-likeness (QED) is 0.722. The maximum Gasteiger partial charge on any atom is 0.208 e. The zero-order valence-corrected chi connectivity index (χ0v) is 11.3. The minimum absolute atomic E-state index is 0.141. The second kappa shape index (κ2) is 6.18. The van der Waals surface area contributed by atoms with Gasteiger partial charge >= 0.3 is 0 Å². The van der Waals surface area contributed by atoms with Crippen LogP contribution < -0.4 is 10.0 Å². The molecule has 0 aliphatic carbocycles. The molecule has 0 aliphatic heterocycles. The monoisotopic (exact) mass is 260 g/mol. The molecular weight excluding hydrogens is 240 g/mol. The fourth-order valence-electron chi connectivity index (χ4n) is 1.45. The van der Waals surface area contributed by atoms with E-state index in [2.05, 4.69) is 10.0 Å². The van der Waals surface area contributed by atoms with Gasteiger partial charge in [0.15, 0.2) is 0 Å². The van der Waals surface area contributed by atoms with Gasteiger partial charge in [0.05, 0.1) is 12.3 Å². The van der Waals surface area contributed by atoms with Crippen LogP contribution in [0.1, 0.15) is 30.9 Å². The van der Waals surface area contributed by atoms with Crippen LogP contribution in [0.2, 0.25) is 0 Å². The summed E-state index contributed by atoms with van der Waals surface area (Å²) in [5.74, 6) is 1.80. The fraction of sp³-hybridized carbons (Fsp3) is 0.636. The summed E-state index contributed by atoms with van der Waals surface area (Å²) < 4.78 is 29.5. The molecule has 0 aliphatic rings. The second-order valence-electron chi connectivity index (χ2n) is 4.14. The van der Waals surface area contributed by atoms with Crippen molar-refractivity contribution in [2.45, 2.75) is 26.3 Å². The zero-order valence-electron chi connectivity index (χ0n) is 10.5. The summed E-state index contributed by atoms with van der Waals surface area (Å²) in [5.41, 5.74) is 0. The van der Waals surface area contributed by atoms with Gasteiger partial charge in [-0.1, -0.05) is 0 Å². The molecule has 1 rings (SSSR count). The summed E-state index contributed by atoms with van der Waals surface area (Å²) in [7, 11) is -3.07. The Balaban J connectivity index is 2.19. The first-order chi connectivity index (χ1) is 7.88. The van der Waals surface area contributed by atoms with E-state index in [9.17, 15) is 8.42 Å². The van der Waals surface area contributed by atoms with Crippen molar-refractivity contribution in [2.75, 3.05) is 19.3 Å². The van der Waals surface area contributed by atoms with Crippen LogP contribution >= 0.6 is 0 Å². The van der Waals surface area contributed by atoms with Crippen molar-refractivity contribution in [1.29, 1.82) is 0 Å². The number of furan rings is 1. The van der Waals surface area contributed by atoms with Gasteiger partial charge in [0.1, 0.15) is 11.5 Å². The van der Waals surface area contributed by atoms with Crippen LogP contribution in [0.5, 0.6) is 0 Å². The van der Waals surface area contributed by atoms with Crippen molar-refractivity contribution in [3.63, 3.8) is 0 Å². The first-order valence-electron chi connectivity index (χ1n) is 5.63. The third-order valence-corrected chi connectivity index (χ3v) is 3.08. The second-order valence-corrected chi connectivity index (χ2v) is 5.98. The van der Waals surface area contributed by atoms with Crippen LogP contribution in [-0.4, -0.2) is 27.8 Å². The van der Waals surface area contributed by atoms with Gasteiger partial charge in [-0.2, -0.15) is 0 Å². The lowest BCUT2D eigenvalue weighted by molar-refractivity contribution is 0.415. The Morgan fingerprint density at radius 2 is 2.06 bits per heavy atom. The van der Waals surface area contributed by atoms with Gasteiger partial charge < -0.3 is 9.73 Å². The van der Waals surface area contributed by atoms with E-state index in [0.717, 1.165) is 30.7 Å². The van der Waals surface area contributed by atoms with Gasteiger partial charge in [0.2, 0.25) is 10.0 Å². The van der Waals surface area contributed by atoms with E-state index in [-0.39, 0.29) is 6.04 Å². The van der Waals surface area contributed by atoms with E-state index in [1.165, 1.54) is 0 Å². The van der Waals surface area contributed by atoms with Crippen LogP contribution in [-0.2, 0) is 10.0 Å². The van der Waals surface area contributed by atoms with E-state index in [0.29, 0.717) is 6.54 Å². The average molecular weight is 260 g/mol. The maximum absolute atomic E-state index is 10.8. The standard InChI is InChI=1S/C11H20N2O3S/c1-9-5-6-11(16-9)10(2)12-7-4-8-13-17(3,14)15/h5-6,10,12-13H,4,7-8H2,1-3H3. The van der Waals surface area contributed by atoms with Crippen molar-refractivity contribution in [3.8, 4) is 0 Å². The molecule has 1 atom stereocenters. The highest BCUT2D eigenvalue weighted by Crippen LogP contribution is 2.14. The van der Waals surface area contributed by atoms with E-state index in [1.807, 2.05) is 26.0 Å². The Hall–Kier alpha value is -0.850. The highest BCUT2D eigenvalue weighted by Gasteiger charge is 2.08. The van der Waals surface area contributed by atoms with Crippen molar-refractivity contribution in [1.82, 2.24) is 10.0 Å². The molecule has 1 aromatic heterocycles. The summed E-state index contributed by atoms with van der Waals surface area (Å²) in [6.07, 6.45) is 1.91. The Labute approximate surface area is 103 Å². The van der Waals surface area contributed by atoms with Crippen LogP contribution in [0.15, 0.2) is 16.5 Å². The van der Waals surface area contributed by atoms with Crippen LogP contribution in [0.25, 0.3) is 0 Å². The zero-order chi connectivity index (χ0) is 12.9.